The summed E-state index contributed by atoms with van der Waals surface area (Å²) in [5.41, 5.74) is 0. The number of ketones is 1. The summed E-state index contributed by atoms with van der Waals surface area (Å²) in [5.74, 6) is 1.49. The van der Waals surface area contributed by atoms with Crippen LogP contribution in [0.15, 0.2) is 12.2 Å². The lowest BCUT2D eigenvalue weighted by Crippen LogP contribution is -2.48. The molecule has 1 fully saturated rings. The average molecular weight is 221 g/mol. The molecule has 1 heterocycles. The van der Waals surface area contributed by atoms with Crippen molar-refractivity contribution in [2.75, 3.05) is 13.1 Å². The van der Waals surface area contributed by atoms with Gasteiger partial charge >= 0.3 is 0 Å². The third-order valence-corrected chi connectivity index (χ3v) is 4.32. The van der Waals surface area contributed by atoms with Crippen LogP contribution >= 0.6 is 0 Å². The van der Waals surface area contributed by atoms with E-state index in [1.165, 1.54) is 25.8 Å². The van der Waals surface area contributed by atoms with E-state index in [-0.39, 0.29) is 5.92 Å². The number of allylic oxidation sites excluding steroid dienone is 2. The molecule has 2 heteroatoms. The Balaban J connectivity index is 1.89. The fourth-order valence-corrected chi connectivity index (χ4v) is 2.88. The maximum Gasteiger partial charge on any atom is 0.138 e. The molecule has 0 aromatic carbocycles. The molecule has 2 nitrogen and oxygen atoms in total. The Hall–Kier alpha value is -0.630. The number of nitrogens with zero attached hydrogens (tertiary/aromatic N) is 1. The zero-order chi connectivity index (χ0) is 11.5. The van der Waals surface area contributed by atoms with Gasteiger partial charge in [-0.1, -0.05) is 19.1 Å². The van der Waals surface area contributed by atoms with Crippen molar-refractivity contribution in [3.05, 3.63) is 12.2 Å². The number of carbonyl (C=O) groups excluding carboxylic acids is 1. The van der Waals surface area contributed by atoms with E-state index in [4.69, 9.17) is 0 Å². The van der Waals surface area contributed by atoms with Gasteiger partial charge in [-0.25, -0.2) is 0 Å². The molecule has 3 atom stereocenters. The summed E-state index contributed by atoms with van der Waals surface area (Å²) in [6.45, 7) is 6.45. The molecular formula is C14H23NO. The SMILES string of the molecule is CC1C(=O)CCN(CC2CC=CCC2)C1C. The van der Waals surface area contributed by atoms with Gasteiger partial charge in [0, 0.05) is 31.5 Å². The van der Waals surface area contributed by atoms with Crippen molar-refractivity contribution < 1.29 is 4.79 Å². The monoisotopic (exact) mass is 221 g/mol. The molecule has 2 rings (SSSR count). The summed E-state index contributed by atoms with van der Waals surface area (Å²) in [6.07, 6.45) is 9.16. The summed E-state index contributed by atoms with van der Waals surface area (Å²) in [7, 11) is 0. The average Bonchev–Trinajstić information content (AvgIpc) is 2.31. The number of carbonyl (C=O) groups is 1. The van der Waals surface area contributed by atoms with Crippen molar-refractivity contribution >= 4 is 5.78 Å². The molecular weight excluding hydrogens is 198 g/mol. The molecule has 0 aromatic heterocycles. The molecule has 0 aromatic rings. The highest BCUT2D eigenvalue weighted by atomic mass is 16.1. The molecule has 3 unspecified atom stereocenters. The zero-order valence-corrected chi connectivity index (χ0v) is 10.5. The van der Waals surface area contributed by atoms with Crippen molar-refractivity contribution in [2.45, 2.75) is 45.6 Å². The van der Waals surface area contributed by atoms with Gasteiger partial charge in [-0.15, -0.1) is 0 Å². The van der Waals surface area contributed by atoms with Gasteiger partial charge in [0.2, 0.25) is 0 Å². The fraction of sp³-hybridized carbons (Fsp3) is 0.786. The number of hydrogen-bond acceptors (Lipinski definition) is 2. The van der Waals surface area contributed by atoms with Gasteiger partial charge in [0.1, 0.15) is 5.78 Å². The van der Waals surface area contributed by atoms with Crippen LogP contribution in [0.4, 0.5) is 0 Å². The third-order valence-electron chi connectivity index (χ3n) is 4.32. The number of hydrogen-bond donors (Lipinski definition) is 0. The Kier molecular flexibility index (Phi) is 3.80. The number of Topliss-reactive ketones (excluding diaryl/α,β-unsaturated/α-hetero) is 1. The highest BCUT2D eigenvalue weighted by molar-refractivity contribution is 5.82. The number of likely N-dealkylation sites (tertiary alicyclic amines) is 1. The maximum atomic E-state index is 11.6. The molecule has 1 saturated heterocycles. The van der Waals surface area contributed by atoms with Gasteiger partial charge in [0.05, 0.1) is 0 Å². The quantitative estimate of drug-likeness (QED) is 0.668. The van der Waals surface area contributed by atoms with Crippen molar-refractivity contribution in [3.63, 3.8) is 0 Å². The second-order valence-electron chi connectivity index (χ2n) is 5.39. The highest BCUT2D eigenvalue weighted by Gasteiger charge is 2.31. The van der Waals surface area contributed by atoms with E-state index in [1.807, 2.05) is 0 Å². The molecule has 0 radical (unpaired) electrons. The molecule has 16 heavy (non-hydrogen) atoms. The molecule has 90 valence electrons. The normalized spacial score (nSPS) is 36.6. The van der Waals surface area contributed by atoms with Gasteiger partial charge in [-0.2, -0.15) is 0 Å². The summed E-state index contributed by atoms with van der Waals surface area (Å²) < 4.78 is 0. The van der Waals surface area contributed by atoms with Gasteiger partial charge in [0.15, 0.2) is 0 Å². The molecule has 1 aliphatic heterocycles. The highest BCUT2D eigenvalue weighted by Crippen LogP contribution is 2.25. The van der Waals surface area contributed by atoms with E-state index >= 15 is 0 Å². The Morgan fingerprint density at radius 1 is 1.38 bits per heavy atom. The number of piperidine rings is 1. The van der Waals surface area contributed by atoms with Crippen molar-refractivity contribution in [3.8, 4) is 0 Å². The third kappa shape index (κ3) is 2.54. The predicted octanol–water partition coefficient (Wildman–Crippen LogP) is 2.64. The van der Waals surface area contributed by atoms with Crippen LogP contribution in [0, 0.1) is 11.8 Å². The first-order chi connectivity index (χ1) is 7.68. The lowest BCUT2D eigenvalue weighted by molar-refractivity contribution is -0.128. The largest absolute Gasteiger partial charge is 0.299 e. The first kappa shape index (κ1) is 11.8. The van der Waals surface area contributed by atoms with E-state index in [1.54, 1.807) is 0 Å². The molecule has 0 N–H and O–H groups in total. The second kappa shape index (κ2) is 5.13. The molecule has 2 aliphatic rings. The molecule has 0 saturated carbocycles. The van der Waals surface area contributed by atoms with Gasteiger partial charge < -0.3 is 0 Å². The van der Waals surface area contributed by atoms with E-state index in [9.17, 15) is 4.79 Å². The van der Waals surface area contributed by atoms with Crippen LogP contribution in [0.3, 0.4) is 0 Å². The van der Waals surface area contributed by atoms with Crippen molar-refractivity contribution in [1.82, 2.24) is 4.90 Å². The molecule has 0 spiro atoms. The Morgan fingerprint density at radius 2 is 2.19 bits per heavy atom. The van der Waals surface area contributed by atoms with Crippen LogP contribution in [0.2, 0.25) is 0 Å². The first-order valence-corrected chi connectivity index (χ1v) is 6.60. The van der Waals surface area contributed by atoms with Crippen molar-refractivity contribution in [2.24, 2.45) is 11.8 Å². The second-order valence-corrected chi connectivity index (χ2v) is 5.39. The van der Waals surface area contributed by atoms with Crippen molar-refractivity contribution in [1.29, 1.82) is 0 Å². The molecule has 1 aliphatic carbocycles. The lowest BCUT2D eigenvalue weighted by atomic mass is 9.88. The van der Waals surface area contributed by atoms with E-state index < -0.39 is 0 Å². The Labute approximate surface area is 98.7 Å². The standard InChI is InChI=1S/C14H23NO/c1-11-12(2)15(9-8-14(11)16)10-13-6-4-3-5-7-13/h3-4,11-13H,5-10H2,1-2H3. The Morgan fingerprint density at radius 3 is 2.88 bits per heavy atom. The van der Waals surface area contributed by atoms with Gasteiger partial charge in [0.25, 0.3) is 0 Å². The Bertz CT molecular complexity index is 284. The molecule has 0 amide bonds. The number of rotatable bonds is 2. The predicted molar refractivity (Wildman–Crippen MR) is 66.3 cm³/mol. The van der Waals surface area contributed by atoms with Crippen LogP contribution in [-0.2, 0) is 4.79 Å². The van der Waals surface area contributed by atoms with Crippen LogP contribution in [0.1, 0.15) is 39.5 Å². The first-order valence-electron chi connectivity index (χ1n) is 6.60. The fourth-order valence-electron chi connectivity index (χ4n) is 2.88. The van der Waals surface area contributed by atoms with E-state index in [0.29, 0.717) is 11.8 Å². The summed E-state index contributed by atoms with van der Waals surface area (Å²) in [5, 5.41) is 0. The van der Waals surface area contributed by atoms with Crippen LogP contribution in [0.25, 0.3) is 0 Å². The topological polar surface area (TPSA) is 20.3 Å². The summed E-state index contributed by atoms with van der Waals surface area (Å²) >= 11 is 0. The molecule has 0 bridgehead atoms. The van der Waals surface area contributed by atoms with Gasteiger partial charge in [-0.05, 0) is 32.1 Å². The summed E-state index contributed by atoms with van der Waals surface area (Å²) in [4.78, 5) is 14.1. The maximum absolute atomic E-state index is 11.6. The minimum absolute atomic E-state index is 0.230. The van der Waals surface area contributed by atoms with Crippen LogP contribution in [-0.4, -0.2) is 29.8 Å². The van der Waals surface area contributed by atoms with Crippen LogP contribution < -0.4 is 0 Å². The smallest absolute Gasteiger partial charge is 0.138 e. The minimum atomic E-state index is 0.230. The minimum Gasteiger partial charge on any atom is -0.299 e. The van der Waals surface area contributed by atoms with E-state index in [0.717, 1.165) is 18.9 Å². The van der Waals surface area contributed by atoms with E-state index in [2.05, 4.69) is 30.9 Å². The lowest BCUT2D eigenvalue weighted by Gasteiger charge is -2.39. The van der Waals surface area contributed by atoms with Gasteiger partial charge in [-0.3, -0.25) is 9.69 Å². The summed E-state index contributed by atoms with van der Waals surface area (Å²) in [6, 6.07) is 0.437. The zero-order valence-electron chi connectivity index (χ0n) is 10.5. The van der Waals surface area contributed by atoms with Crippen LogP contribution in [0.5, 0.6) is 0 Å².